The van der Waals surface area contributed by atoms with Crippen molar-refractivity contribution in [2.75, 3.05) is 30.5 Å². The number of anilines is 2. The largest absolute Gasteiger partial charge is 0.497 e. The summed E-state index contributed by atoms with van der Waals surface area (Å²) in [6.07, 6.45) is 1.95. The van der Waals surface area contributed by atoms with Crippen LogP contribution in [0.5, 0.6) is 5.75 Å². The number of aromatic nitrogens is 2. The number of nitrogens with zero attached hydrogens (tertiary/aromatic N) is 3. The molecule has 0 saturated carbocycles. The van der Waals surface area contributed by atoms with E-state index < -0.39 is 6.04 Å². The molecule has 2 aliphatic rings. The third kappa shape index (κ3) is 3.63. The van der Waals surface area contributed by atoms with Crippen molar-refractivity contribution in [2.24, 2.45) is 0 Å². The maximum Gasteiger partial charge on any atom is 0.253 e. The van der Waals surface area contributed by atoms with Gasteiger partial charge in [-0.15, -0.1) is 0 Å². The molecule has 8 heteroatoms. The zero-order valence-electron chi connectivity index (χ0n) is 17.3. The molecule has 0 unspecified atom stereocenters. The number of ether oxygens (including phenoxy) is 2. The van der Waals surface area contributed by atoms with Gasteiger partial charge in [-0.25, -0.2) is 4.98 Å². The van der Waals surface area contributed by atoms with Gasteiger partial charge in [-0.2, -0.15) is 0 Å². The zero-order chi connectivity index (χ0) is 21.4. The molecule has 2 amide bonds. The number of methoxy groups -OCH3 is 1. The highest BCUT2D eigenvalue weighted by Crippen LogP contribution is 2.37. The minimum absolute atomic E-state index is 0.00379. The van der Waals surface area contributed by atoms with Gasteiger partial charge in [0.15, 0.2) is 0 Å². The van der Waals surface area contributed by atoms with Crippen molar-refractivity contribution in [3.8, 4) is 5.75 Å². The Balaban J connectivity index is 1.41. The Morgan fingerprint density at radius 3 is 2.77 bits per heavy atom. The lowest BCUT2D eigenvalue weighted by Crippen LogP contribution is -2.37. The van der Waals surface area contributed by atoms with Crippen molar-refractivity contribution >= 4 is 34.5 Å². The van der Waals surface area contributed by atoms with Crippen LogP contribution in [-0.4, -0.2) is 47.7 Å². The van der Waals surface area contributed by atoms with Crippen LogP contribution in [0.25, 0.3) is 11.0 Å². The minimum atomic E-state index is -0.637. The number of carbonyl (C=O) groups is 2. The van der Waals surface area contributed by atoms with Crippen LogP contribution in [0.15, 0.2) is 48.5 Å². The van der Waals surface area contributed by atoms with Crippen LogP contribution in [0.2, 0.25) is 0 Å². The topological polar surface area (TPSA) is 85.7 Å². The summed E-state index contributed by atoms with van der Waals surface area (Å²) in [5, 5.41) is 2.88. The molecule has 1 N–H and O–H groups in total. The lowest BCUT2D eigenvalue weighted by molar-refractivity contribution is -0.124. The van der Waals surface area contributed by atoms with Crippen LogP contribution in [0.1, 0.15) is 25.3 Å². The molecule has 1 fully saturated rings. The van der Waals surface area contributed by atoms with E-state index in [2.05, 4.69) is 5.32 Å². The maximum absolute atomic E-state index is 13.3. The van der Waals surface area contributed by atoms with E-state index in [0.29, 0.717) is 23.9 Å². The lowest BCUT2D eigenvalue weighted by Gasteiger charge is -2.19. The van der Waals surface area contributed by atoms with Crippen LogP contribution in [0.4, 0.5) is 11.6 Å². The molecule has 0 bridgehead atoms. The van der Waals surface area contributed by atoms with Gasteiger partial charge in [0.05, 0.1) is 37.2 Å². The normalized spacial score (nSPS) is 20.3. The highest BCUT2D eigenvalue weighted by Gasteiger charge is 2.42. The maximum atomic E-state index is 13.3. The van der Waals surface area contributed by atoms with Crippen molar-refractivity contribution in [3.05, 3.63) is 48.5 Å². The zero-order valence-corrected chi connectivity index (χ0v) is 17.3. The van der Waals surface area contributed by atoms with E-state index in [-0.39, 0.29) is 24.3 Å². The molecule has 3 aromatic rings. The second-order valence-electron chi connectivity index (χ2n) is 7.85. The van der Waals surface area contributed by atoms with Crippen molar-refractivity contribution in [1.82, 2.24) is 9.55 Å². The molecule has 8 nitrogen and oxygen atoms in total. The van der Waals surface area contributed by atoms with Crippen molar-refractivity contribution in [1.29, 1.82) is 0 Å². The summed E-state index contributed by atoms with van der Waals surface area (Å²) in [7, 11) is 1.59. The second-order valence-corrected chi connectivity index (χ2v) is 7.85. The molecule has 2 aromatic carbocycles. The Morgan fingerprint density at radius 1 is 1.23 bits per heavy atom. The first-order chi connectivity index (χ1) is 15.1. The molecular formula is C23H24N4O4. The highest BCUT2D eigenvalue weighted by atomic mass is 16.5. The van der Waals surface area contributed by atoms with Gasteiger partial charge in [-0.05, 0) is 49.2 Å². The van der Waals surface area contributed by atoms with Gasteiger partial charge < -0.3 is 14.8 Å². The van der Waals surface area contributed by atoms with Crippen LogP contribution in [0.3, 0.4) is 0 Å². The predicted octanol–water partition coefficient (Wildman–Crippen LogP) is 3.14. The molecule has 160 valence electrons. The van der Waals surface area contributed by atoms with Crippen molar-refractivity contribution in [3.63, 3.8) is 0 Å². The first kappa shape index (κ1) is 19.6. The molecule has 2 aliphatic heterocycles. The van der Waals surface area contributed by atoms with E-state index in [0.717, 1.165) is 30.5 Å². The summed E-state index contributed by atoms with van der Waals surface area (Å²) in [5.41, 5.74) is 2.31. The quantitative estimate of drug-likeness (QED) is 0.662. The van der Waals surface area contributed by atoms with Gasteiger partial charge in [-0.1, -0.05) is 12.1 Å². The SMILES string of the molecule is COc1ccc(NC(=O)C[C@H]2C(=O)N(C[C@@H]3CCCO3)c3nc4ccccc4n32)cc1. The third-order valence-electron chi connectivity index (χ3n) is 5.84. The molecule has 3 heterocycles. The van der Waals surface area contributed by atoms with E-state index in [9.17, 15) is 9.59 Å². The number of para-hydroxylation sites is 2. The number of imidazole rings is 1. The van der Waals surface area contributed by atoms with Gasteiger partial charge in [-0.3, -0.25) is 19.1 Å². The summed E-state index contributed by atoms with van der Waals surface area (Å²) in [6.45, 7) is 1.18. The number of nitrogens with one attached hydrogen (secondary N) is 1. The lowest BCUT2D eigenvalue weighted by atomic mass is 10.1. The molecule has 0 aliphatic carbocycles. The molecule has 1 saturated heterocycles. The fourth-order valence-electron chi connectivity index (χ4n) is 4.32. The molecule has 0 spiro atoms. The highest BCUT2D eigenvalue weighted by molar-refractivity contribution is 6.05. The van der Waals surface area contributed by atoms with E-state index >= 15 is 0 Å². The molecule has 31 heavy (non-hydrogen) atoms. The van der Waals surface area contributed by atoms with Crippen LogP contribution in [-0.2, 0) is 14.3 Å². The molecule has 5 rings (SSSR count). The monoisotopic (exact) mass is 420 g/mol. The number of carbonyl (C=O) groups excluding carboxylic acids is 2. The Labute approximate surface area is 179 Å². The van der Waals surface area contributed by atoms with Crippen molar-refractivity contribution < 1.29 is 19.1 Å². The third-order valence-corrected chi connectivity index (χ3v) is 5.84. The predicted molar refractivity (Wildman–Crippen MR) is 116 cm³/mol. The molecule has 0 radical (unpaired) electrons. The summed E-state index contributed by atoms with van der Waals surface area (Å²) < 4.78 is 12.8. The van der Waals surface area contributed by atoms with Gasteiger partial charge in [0, 0.05) is 12.3 Å². The van der Waals surface area contributed by atoms with Gasteiger partial charge in [0.1, 0.15) is 11.8 Å². The summed E-state index contributed by atoms with van der Waals surface area (Å²) in [4.78, 5) is 32.5. The van der Waals surface area contributed by atoms with Crippen LogP contribution in [0, 0.1) is 0 Å². The molecule has 1 aromatic heterocycles. The smallest absolute Gasteiger partial charge is 0.253 e. The van der Waals surface area contributed by atoms with Gasteiger partial charge in [0.2, 0.25) is 11.9 Å². The first-order valence-corrected chi connectivity index (χ1v) is 10.5. The van der Waals surface area contributed by atoms with Crippen LogP contribution >= 0.6 is 0 Å². The molecular weight excluding hydrogens is 396 g/mol. The number of hydrogen-bond donors (Lipinski definition) is 1. The number of rotatable bonds is 6. The van der Waals surface area contributed by atoms with Gasteiger partial charge in [0.25, 0.3) is 5.91 Å². The number of hydrogen-bond acceptors (Lipinski definition) is 5. The van der Waals surface area contributed by atoms with E-state index in [4.69, 9.17) is 14.5 Å². The first-order valence-electron chi connectivity index (χ1n) is 10.5. The Bertz CT molecular complexity index is 1120. The fourth-order valence-corrected chi connectivity index (χ4v) is 4.32. The Hall–Kier alpha value is -3.39. The minimum Gasteiger partial charge on any atom is -0.497 e. The average Bonchev–Trinajstić information content (AvgIpc) is 3.48. The number of benzene rings is 2. The number of fused-ring (bicyclic) bond motifs is 3. The Kier molecular flexibility index (Phi) is 5.07. The average molecular weight is 420 g/mol. The Morgan fingerprint density at radius 2 is 2.03 bits per heavy atom. The number of amides is 2. The van der Waals surface area contributed by atoms with Crippen LogP contribution < -0.4 is 15.0 Å². The summed E-state index contributed by atoms with van der Waals surface area (Å²) in [5.74, 6) is 0.951. The van der Waals surface area contributed by atoms with Gasteiger partial charge >= 0.3 is 0 Å². The van der Waals surface area contributed by atoms with E-state index in [1.807, 2.05) is 28.8 Å². The summed E-state index contributed by atoms with van der Waals surface area (Å²) in [6, 6.07) is 14.2. The fraction of sp³-hybridized carbons (Fsp3) is 0.348. The standard InChI is InChI=1S/C23H24N4O4/c1-30-16-10-8-15(9-11-16)24-21(28)13-20-22(29)26(14-17-5-4-12-31-17)23-25-18-6-2-3-7-19(18)27(20)23/h2-3,6-11,17,20H,4-5,12-14H2,1H3,(H,24,28)/t17-,20-/m0/s1. The molecule has 2 atom stereocenters. The van der Waals surface area contributed by atoms with E-state index in [1.165, 1.54) is 0 Å². The summed E-state index contributed by atoms with van der Waals surface area (Å²) >= 11 is 0. The second kappa shape index (κ2) is 8.03. The van der Waals surface area contributed by atoms with Crippen molar-refractivity contribution in [2.45, 2.75) is 31.4 Å². The van der Waals surface area contributed by atoms with E-state index in [1.54, 1.807) is 36.3 Å².